The predicted molar refractivity (Wildman–Crippen MR) is 65.8 cm³/mol. The second kappa shape index (κ2) is 4.87. The zero-order chi connectivity index (χ0) is 13.3. The molecule has 1 aromatic heterocycles. The third-order valence-corrected chi connectivity index (χ3v) is 3.78. The number of hydrogen-bond acceptors (Lipinski definition) is 3. The maximum atomic E-state index is 13.5. The maximum absolute atomic E-state index is 13.5. The number of halogens is 3. The molecule has 0 atom stereocenters. The van der Waals surface area contributed by atoms with Crippen LogP contribution in [0.2, 0.25) is 5.02 Å². The van der Waals surface area contributed by atoms with Crippen molar-refractivity contribution in [1.29, 1.82) is 0 Å². The molecule has 0 aliphatic heterocycles. The molecule has 18 heavy (non-hydrogen) atoms. The molecule has 0 unspecified atom stereocenters. The van der Waals surface area contributed by atoms with Gasteiger partial charge >= 0.3 is 0 Å². The maximum Gasteiger partial charge on any atom is 0.264 e. The summed E-state index contributed by atoms with van der Waals surface area (Å²) in [6.07, 6.45) is 2.34. The summed E-state index contributed by atoms with van der Waals surface area (Å²) in [4.78, 5) is -0.126. The van der Waals surface area contributed by atoms with Crippen LogP contribution in [0.1, 0.15) is 5.56 Å². The summed E-state index contributed by atoms with van der Waals surface area (Å²) in [6, 6.07) is 4.23. The zero-order valence-corrected chi connectivity index (χ0v) is 11.2. The quantitative estimate of drug-likeness (QED) is 0.819. The summed E-state index contributed by atoms with van der Waals surface area (Å²) in [5.41, 5.74) is 0.348. The smallest absolute Gasteiger partial charge is 0.264 e. The SMILES string of the molecule is O=S(=O)(Cl)c1cnn(Cc2ccc(Cl)cc2F)c1. The van der Waals surface area contributed by atoms with E-state index in [4.69, 9.17) is 22.3 Å². The third kappa shape index (κ3) is 3.01. The molecule has 0 saturated heterocycles. The fraction of sp³-hybridized carbons (Fsp3) is 0.100. The monoisotopic (exact) mass is 308 g/mol. The predicted octanol–water partition coefficient (Wildman–Crippen LogP) is 2.65. The van der Waals surface area contributed by atoms with Crippen molar-refractivity contribution in [3.63, 3.8) is 0 Å². The van der Waals surface area contributed by atoms with Crippen molar-refractivity contribution in [2.24, 2.45) is 0 Å². The van der Waals surface area contributed by atoms with Crippen LogP contribution in [-0.4, -0.2) is 18.2 Å². The Bertz CT molecular complexity index is 685. The molecule has 96 valence electrons. The molecule has 0 spiro atoms. The highest BCUT2D eigenvalue weighted by Gasteiger charge is 2.13. The fourth-order valence-electron chi connectivity index (χ4n) is 1.38. The van der Waals surface area contributed by atoms with E-state index in [0.717, 1.165) is 6.20 Å². The van der Waals surface area contributed by atoms with Gasteiger partial charge in [-0.05, 0) is 12.1 Å². The first kappa shape index (κ1) is 13.3. The van der Waals surface area contributed by atoms with Crippen LogP contribution in [0, 0.1) is 5.82 Å². The van der Waals surface area contributed by atoms with Gasteiger partial charge in [-0.25, -0.2) is 12.8 Å². The van der Waals surface area contributed by atoms with Crippen molar-refractivity contribution in [2.75, 3.05) is 0 Å². The lowest BCUT2D eigenvalue weighted by molar-refractivity contribution is 0.584. The van der Waals surface area contributed by atoms with E-state index in [-0.39, 0.29) is 11.4 Å². The van der Waals surface area contributed by atoms with Crippen LogP contribution in [0.4, 0.5) is 4.39 Å². The highest BCUT2D eigenvalue weighted by Crippen LogP contribution is 2.17. The van der Waals surface area contributed by atoms with Crippen LogP contribution in [0.3, 0.4) is 0 Å². The lowest BCUT2D eigenvalue weighted by Gasteiger charge is -2.03. The molecule has 0 saturated carbocycles. The number of benzene rings is 1. The van der Waals surface area contributed by atoms with Crippen LogP contribution < -0.4 is 0 Å². The van der Waals surface area contributed by atoms with E-state index >= 15 is 0 Å². The topological polar surface area (TPSA) is 52.0 Å². The minimum absolute atomic E-state index is 0.0927. The number of aromatic nitrogens is 2. The molecule has 0 bridgehead atoms. The van der Waals surface area contributed by atoms with Crippen molar-refractivity contribution in [2.45, 2.75) is 11.4 Å². The Morgan fingerprint density at radius 2 is 2.11 bits per heavy atom. The second-order valence-corrected chi connectivity index (χ2v) is 6.55. The van der Waals surface area contributed by atoms with Gasteiger partial charge in [-0.2, -0.15) is 5.10 Å². The Morgan fingerprint density at radius 3 is 2.67 bits per heavy atom. The summed E-state index contributed by atoms with van der Waals surface area (Å²) in [6.45, 7) is 0.0927. The summed E-state index contributed by atoms with van der Waals surface area (Å²) in [5, 5.41) is 4.09. The average Bonchev–Trinajstić information content (AvgIpc) is 2.70. The van der Waals surface area contributed by atoms with Gasteiger partial charge in [0.15, 0.2) is 0 Å². The van der Waals surface area contributed by atoms with E-state index < -0.39 is 14.9 Å². The number of hydrogen-bond donors (Lipinski definition) is 0. The normalized spacial score (nSPS) is 11.7. The minimum atomic E-state index is -3.82. The molecule has 0 aliphatic rings. The fourth-order valence-corrected chi connectivity index (χ4v) is 2.20. The largest absolute Gasteiger partial charge is 0.267 e. The second-order valence-electron chi connectivity index (χ2n) is 3.55. The molecule has 0 N–H and O–H groups in total. The van der Waals surface area contributed by atoms with Crippen molar-refractivity contribution >= 4 is 31.3 Å². The van der Waals surface area contributed by atoms with Gasteiger partial charge in [0.05, 0.1) is 12.7 Å². The van der Waals surface area contributed by atoms with E-state index in [1.807, 2.05) is 0 Å². The summed E-state index contributed by atoms with van der Waals surface area (Å²) in [7, 11) is 1.34. The van der Waals surface area contributed by atoms with E-state index in [1.165, 1.54) is 23.0 Å². The van der Waals surface area contributed by atoms with Crippen molar-refractivity contribution in [1.82, 2.24) is 9.78 Å². The molecule has 1 aromatic carbocycles. The number of nitrogens with zero attached hydrogens (tertiary/aromatic N) is 2. The van der Waals surface area contributed by atoms with Gasteiger partial charge in [-0.3, -0.25) is 4.68 Å². The van der Waals surface area contributed by atoms with Gasteiger partial charge in [0.25, 0.3) is 9.05 Å². The molecular formula is C10H7Cl2FN2O2S. The molecule has 2 aromatic rings. The zero-order valence-electron chi connectivity index (χ0n) is 8.85. The van der Waals surface area contributed by atoms with E-state index in [2.05, 4.69) is 5.10 Å². The third-order valence-electron chi connectivity index (χ3n) is 2.24. The lowest BCUT2D eigenvalue weighted by Crippen LogP contribution is -2.02. The van der Waals surface area contributed by atoms with Crippen LogP contribution in [0.15, 0.2) is 35.5 Å². The first-order valence-electron chi connectivity index (χ1n) is 4.77. The van der Waals surface area contributed by atoms with Crippen molar-refractivity contribution in [3.8, 4) is 0 Å². The van der Waals surface area contributed by atoms with Crippen LogP contribution in [-0.2, 0) is 15.6 Å². The van der Waals surface area contributed by atoms with Crippen LogP contribution >= 0.6 is 22.3 Å². The van der Waals surface area contributed by atoms with E-state index in [9.17, 15) is 12.8 Å². The standard InChI is InChI=1S/C10H7Cl2FN2O2S/c11-8-2-1-7(10(13)3-8)5-15-6-9(4-14-15)18(12,16)17/h1-4,6H,5H2. The van der Waals surface area contributed by atoms with Crippen LogP contribution in [0.5, 0.6) is 0 Å². The molecule has 1 heterocycles. The summed E-state index contributed by atoms with van der Waals surface area (Å²) >= 11 is 5.62. The highest BCUT2D eigenvalue weighted by molar-refractivity contribution is 8.13. The Morgan fingerprint density at radius 1 is 1.39 bits per heavy atom. The van der Waals surface area contributed by atoms with Gasteiger partial charge in [-0.1, -0.05) is 17.7 Å². The molecule has 8 heteroatoms. The lowest BCUT2D eigenvalue weighted by atomic mass is 10.2. The van der Waals surface area contributed by atoms with Gasteiger partial charge in [0.2, 0.25) is 0 Å². The van der Waals surface area contributed by atoms with Gasteiger partial charge in [0, 0.05) is 27.5 Å². The molecule has 0 amide bonds. The molecule has 0 radical (unpaired) electrons. The Labute approximate surface area is 112 Å². The van der Waals surface area contributed by atoms with E-state index in [0.29, 0.717) is 10.6 Å². The summed E-state index contributed by atoms with van der Waals surface area (Å²) < 4.78 is 36.8. The molecule has 2 rings (SSSR count). The van der Waals surface area contributed by atoms with Crippen molar-refractivity contribution < 1.29 is 12.8 Å². The molecule has 4 nitrogen and oxygen atoms in total. The van der Waals surface area contributed by atoms with Gasteiger partial charge in [-0.15, -0.1) is 0 Å². The number of rotatable bonds is 3. The van der Waals surface area contributed by atoms with Crippen LogP contribution in [0.25, 0.3) is 0 Å². The molecule has 0 aliphatic carbocycles. The molecular weight excluding hydrogens is 302 g/mol. The minimum Gasteiger partial charge on any atom is -0.267 e. The van der Waals surface area contributed by atoms with E-state index in [1.54, 1.807) is 6.07 Å². The van der Waals surface area contributed by atoms with Gasteiger partial charge < -0.3 is 0 Å². The Hall–Kier alpha value is -1.11. The molecule has 0 fully saturated rings. The Balaban J connectivity index is 2.27. The first-order chi connectivity index (χ1) is 8.36. The summed E-state index contributed by atoms with van der Waals surface area (Å²) in [5.74, 6) is -0.478. The van der Waals surface area contributed by atoms with Crippen molar-refractivity contribution in [3.05, 3.63) is 47.0 Å². The van der Waals surface area contributed by atoms with Gasteiger partial charge in [0.1, 0.15) is 10.7 Å². The first-order valence-corrected chi connectivity index (χ1v) is 7.46. The Kier molecular flexibility index (Phi) is 3.61. The average molecular weight is 309 g/mol. The highest BCUT2D eigenvalue weighted by atomic mass is 35.7.